The highest BCUT2D eigenvalue weighted by atomic mass is 35.5. The molecule has 0 aromatic heterocycles. The molecule has 132 valence electrons. The highest BCUT2D eigenvalue weighted by Crippen LogP contribution is 2.14. The van der Waals surface area contributed by atoms with Gasteiger partial charge in [-0.05, 0) is 23.1 Å². The van der Waals surface area contributed by atoms with Gasteiger partial charge in [-0.3, -0.25) is 9.59 Å². The van der Waals surface area contributed by atoms with Crippen molar-refractivity contribution in [2.24, 2.45) is 5.92 Å². The summed E-state index contributed by atoms with van der Waals surface area (Å²) < 4.78 is 0. The van der Waals surface area contributed by atoms with Gasteiger partial charge in [0.2, 0.25) is 11.8 Å². The SMILES string of the molecule is CC(C)[C@H](NC(=O)Cc1ccccc1)C(=O)NCc1ccccc1Cl. The molecule has 0 aliphatic heterocycles. The molecule has 0 fully saturated rings. The molecule has 0 aliphatic carbocycles. The van der Waals surface area contributed by atoms with Crippen LogP contribution in [0.2, 0.25) is 5.02 Å². The van der Waals surface area contributed by atoms with E-state index in [1.165, 1.54) is 0 Å². The van der Waals surface area contributed by atoms with Crippen molar-refractivity contribution >= 4 is 23.4 Å². The topological polar surface area (TPSA) is 58.2 Å². The van der Waals surface area contributed by atoms with Crippen molar-refractivity contribution in [3.05, 3.63) is 70.7 Å². The van der Waals surface area contributed by atoms with E-state index in [1.54, 1.807) is 6.07 Å². The molecule has 4 nitrogen and oxygen atoms in total. The predicted molar refractivity (Wildman–Crippen MR) is 100 cm³/mol. The first kappa shape index (κ1) is 19.0. The number of amides is 2. The fourth-order valence-electron chi connectivity index (χ4n) is 2.47. The molecule has 1 atom stereocenters. The van der Waals surface area contributed by atoms with Crippen LogP contribution in [0.1, 0.15) is 25.0 Å². The van der Waals surface area contributed by atoms with Crippen LogP contribution >= 0.6 is 11.6 Å². The fraction of sp³-hybridized carbons (Fsp3) is 0.300. The zero-order valence-electron chi connectivity index (χ0n) is 14.5. The van der Waals surface area contributed by atoms with Gasteiger partial charge < -0.3 is 10.6 Å². The van der Waals surface area contributed by atoms with Crippen molar-refractivity contribution in [1.82, 2.24) is 10.6 Å². The lowest BCUT2D eigenvalue weighted by Gasteiger charge is -2.22. The van der Waals surface area contributed by atoms with Gasteiger partial charge in [0, 0.05) is 11.6 Å². The number of hydrogen-bond donors (Lipinski definition) is 2. The maximum atomic E-state index is 12.5. The minimum atomic E-state index is -0.585. The van der Waals surface area contributed by atoms with Gasteiger partial charge in [0.25, 0.3) is 0 Å². The molecule has 0 heterocycles. The maximum absolute atomic E-state index is 12.5. The number of carbonyl (C=O) groups is 2. The highest BCUT2D eigenvalue weighted by Gasteiger charge is 2.24. The van der Waals surface area contributed by atoms with Crippen LogP contribution in [0.3, 0.4) is 0 Å². The zero-order chi connectivity index (χ0) is 18.2. The van der Waals surface area contributed by atoms with Crippen LogP contribution in [0.4, 0.5) is 0 Å². The molecular weight excluding hydrogens is 336 g/mol. The number of benzene rings is 2. The van der Waals surface area contributed by atoms with Crippen molar-refractivity contribution in [2.75, 3.05) is 0 Å². The number of halogens is 1. The molecule has 0 radical (unpaired) electrons. The van der Waals surface area contributed by atoms with E-state index in [2.05, 4.69) is 10.6 Å². The maximum Gasteiger partial charge on any atom is 0.243 e. The minimum absolute atomic E-state index is 0.0223. The molecule has 2 N–H and O–H groups in total. The number of carbonyl (C=O) groups excluding carboxylic acids is 2. The molecule has 0 saturated carbocycles. The van der Waals surface area contributed by atoms with Crippen LogP contribution in [0.15, 0.2) is 54.6 Å². The Kier molecular flexibility index (Phi) is 7.02. The summed E-state index contributed by atoms with van der Waals surface area (Å²) in [7, 11) is 0. The third-order valence-corrected chi connectivity index (χ3v) is 4.25. The van der Waals surface area contributed by atoms with Gasteiger partial charge in [0.1, 0.15) is 6.04 Å². The van der Waals surface area contributed by atoms with Crippen LogP contribution < -0.4 is 10.6 Å². The lowest BCUT2D eigenvalue weighted by atomic mass is 10.0. The second-order valence-electron chi connectivity index (χ2n) is 6.26. The monoisotopic (exact) mass is 358 g/mol. The van der Waals surface area contributed by atoms with Crippen molar-refractivity contribution in [2.45, 2.75) is 32.9 Å². The van der Waals surface area contributed by atoms with E-state index in [9.17, 15) is 9.59 Å². The molecule has 0 bridgehead atoms. The number of hydrogen-bond acceptors (Lipinski definition) is 2. The third kappa shape index (κ3) is 5.91. The van der Waals surface area contributed by atoms with Gasteiger partial charge in [-0.25, -0.2) is 0 Å². The third-order valence-electron chi connectivity index (χ3n) is 3.88. The molecule has 5 heteroatoms. The predicted octanol–water partition coefficient (Wildman–Crippen LogP) is 3.34. The Labute approximate surface area is 153 Å². The molecule has 2 aromatic rings. The summed E-state index contributed by atoms with van der Waals surface area (Å²) in [6.45, 7) is 4.14. The molecular formula is C20H23ClN2O2. The first-order chi connectivity index (χ1) is 12.0. The summed E-state index contributed by atoms with van der Waals surface area (Å²) in [4.78, 5) is 24.7. The van der Waals surface area contributed by atoms with Crippen molar-refractivity contribution in [1.29, 1.82) is 0 Å². The number of nitrogens with one attached hydrogen (secondary N) is 2. The van der Waals surface area contributed by atoms with Crippen molar-refractivity contribution in [3.8, 4) is 0 Å². The number of rotatable bonds is 7. The van der Waals surface area contributed by atoms with E-state index in [1.807, 2.05) is 62.4 Å². The Morgan fingerprint density at radius 2 is 1.64 bits per heavy atom. The van der Waals surface area contributed by atoms with E-state index in [0.29, 0.717) is 11.6 Å². The van der Waals surface area contributed by atoms with Gasteiger partial charge in [0.05, 0.1) is 6.42 Å². The normalized spacial score (nSPS) is 11.8. The Morgan fingerprint density at radius 1 is 1.00 bits per heavy atom. The molecule has 0 aliphatic rings. The van der Waals surface area contributed by atoms with Crippen LogP contribution in [0.5, 0.6) is 0 Å². The second kappa shape index (κ2) is 9.23. The molecule has 2 aromatic carbocycles. The fourth-order valence-corrected chi connectivity index (χ4v) is 2.68. The summed E-state index contributed by atoms with van der Waals surface area (Å²) >= 11 is 6.10. The van der Waals surface area contributed by atoms with Gasteiger partial charge in [-0.1, -0.05) is 74.0 Å². The van der Waals surface area contributed by atoms with Gasteiger partial charge in [0.15, 0.2) is 0 Å². The summed E-state index contributed by atoms with van der Waals surface area (Å²) in [5.41, 5.74) is 1.76. The Balaban J connectivity index is 1.93. The molecule has 25 heavy (non-hydrogen) atoms. The Bertz CT molecular complexity index is 717. The Hall–Kier alpha value is -2.33. The standard InChI is InChI=1S/C20H23ClN2O2/c1-14(2)19(23-18(24)12-15-8-4-3-5-9-15)20(25)22-13-16-10-6-7-11-17(16)21/h3-11,14,19H,12-13H2,1-2H3,(H,22,25)(H,23,24)/t19-/m0/s1. The quantitative estimate of drug-likeness (QED) is 0.797. The zero-order valence-corrected chi connectivity index (χ0v) is 15.2. The van der Waals surface area contributed by atoms with Crippen LogP contribution in [-0.2, 0) is 22.6 Å². The smallest absolute Gasteiger partial charge is 0.243 e. The van der Waals surface area contributed by atoms with Crippen LogP contribution in [0.25, 0.3) is 0 Å². The molecule has 0 unspecified atom stereocenters. The van der Waals surface area contributed by atoms with Crippen LogP contribution in [-0.4, -0.2) is 17.9 Å². The van der Waals surface area contributed by atoms with Crippen LogP contribution in [0, 0.1) is 5.92 Å². The van der Waals surface area contributed by atoms with E-state index in [-0.39, 0.29) is 24.2 Å². The summed E-state index contributed by atoms with van der Waals surface area (Å²) in [5.74, 6) is -0.403. The molecule has 0 spiro atoms. The first-order valence-electron chi connectivity index (χ1n) is 8.31. The van der Waals surface area contributed by atoms with E-state index >= 15 is 0 Å². The lowest BCUT2D eigenvalue weighted by molar-refractivity contribution is -0.129. The molecule has 0 saturated heterocycles. The van der Waals surface area contributed by atoms with Gasteiger partial charge in [-0.2, -0.15) is 0 Å². The van der Waals surface area contributed by atoms with Crippen molar-refractivity contribution < 1.29 is 9.59 Å². The average molecular weight is 359 g/mol. The van der Waals surface area contributed by atoms with Gasteiger partial charge >= 0.3 is 0 Å². The molecule has 2 amide bonds. The minimum Gasteiger partial charge on any atom is -0.350 e. The lowest BCUT2D eigenvalue weighted by Crippen LogP contribution is -2.49. The Morgan fingerprint density at radius 3 is 2.28 bits per heavy atom. The molecule has 2 rings (SSSR count). The second-order valence-corrected chi connectivity index (χ2v) is 6.67. The highest BCUT2D eigenvalue weighted by molar-refractivity contribution is 6.31. The van der Waals surface area contributed by atoms with E-state index < -0.39 is 6.04 Å². The first-order valence-corrected chi connectivity index (χ1v) is 8.69. The van der Waals surface area contributed by atoms with E-state index in [0.717, 1.165) is 11.1 Å². The summed E-state index contributed by atoms with van der Waals surface area (Å²) in [5, 5.41) is 6.29. The van der Waals surface area contributed by atoms with E-state index in [4.69, 9.17) is 11.6 Å². The summed E-state index contributed by atoms with van der Waals surface area (Å²) in [6.07, 6.45) is 0.252. The summed E-state index contributed by atoms with van der Waals surface area (Å²) in [6, 6.07) is 16.2. The largest absolute Gasteiger partial charge is 0.350 e. The van der Waals surface area contributed by atoms with Crippen molar-refractivity contribution in [3.63, 3.8) is 0 Å². The van der Waals surface area contributed by atoms with Gasteiger partial charge in [-0.15, -0.1) is 0 Å². The average Bonchev–Trinajstić information content (AvgIpc) is 2.59.